The second-order valence-corrected chi connectivity index (χ2v) is 3.24. The van der Waals surface area contributed by atoms with Gasteiger partial charge in [0.25, 0.3) is 0 Å². The lowest BCUT2D eigenvalue weighted by Gasteiger charge is -2.19. The van der Waals surface area contributed by atoms with Crippen LogP contribution in [-0.2, 0) is 0 Å². The molecule has 0 aromatic rings. The Bertz CT molecular complexity index is 96.7. The molecule has 5 nitrogen and oxygen atoms in total. The summed E-state index contributed by atoms with van der Waals surface area (Å²) in [5.41, 5.74) is 22.2. The SMILES string of the molecule is NCCCC(N)NC(N)CCCN. The summed E-state index contributed by atoms with van der Waals surface area (Å²) < 4.78 is 0. The highest BCUT2D eigenvalue weighted by molar-refractivity contribution is 4.65. The molecule has 0 radical (unpaired) electrons. The monoisotopic (exact) mass is 189 g/mol. The van der Waals surface area contributed by atoms with E-state index in [1.807, 2.05) is 0 Å². The summed E-state index contributed by atoms with van der Waals surface area (Å²) in [5.74, 6) is 0. The summed E-state index contributed by atoms with van der Waals surface area (Å²) >= 11 is 0. The average molecular weight is 189 g/mol. The minimum Gasteiger partial charge on any atom is -0.330 e. The van der Waals surface area contributed by atoms with E-state index in [2.05, 4.69) is 5.32 Å². The van der Waals surface area contributed by atoms with Gasteiger partial charge < -0.3 is 22.9 Å². The van der Waals surface area contributed by atoms with E-state index in [0.717, 1.165) is 25.7 Å². The van der Waals surface area contributed by atoms with Crippen molar-refractivity contribution in [3.8, 4) is 0 Å². The van der Waals surface area contributed by atoms with Crippen molar-refractivity contribution < 1.29 is 0 Å². The van der Waals surface area contributed by atoms with Gasteiger partial charge in [0.05, 0.1) is 12.3 Å². The molecule has 0 amide bonds. The summed E-state index contributed by atoms with van der Waals surface area (Å²) in [4.78, 5) is 0. The van der Waals surface area contributed by atoms with Gasteiger partial charge in [-0.2, -0.15) is 0 Å². The van der Waals surface area contributed by atoms with Crippen LogP contribution in [0, 0.1) is 0 Å². The van der Waals surface area contributed by atoms with Gasteiger partial charge in [-0.25, -0.2) is 0 Å². The molecule has 0 heterocycles. The first kappa shape index (κ1) is 12.8. The fourth-order valence-corrected chi connectivity index (χ4v) is 1.12. The second-order valence-electron chi connectivity index (χ2n) is 3.24. The van der Waals surface area contributed by atoms with E-state index >= 15 is 0 Å². The Morgan fingerprint density at radius 3 is 1.54 bits per heavy atom. The van der Waals surface area contributed by atoms with E-state index in [1.165, 1.54) is 0 Å². The highest BCUT2D eigenvalue weighted by atomic mass is 15.1. The van der Waals surface area contributed by atoms with Crippen LogP contribution in [0.3, 0.4) is 0 Å². The molecule has 0 aliphatic rings. The third kappa shape index (κ3) is 8.14. The van der Waals surface area contributed by atoms with E-state index in [0.29, 0.717) is 13.1 Å². The topological polar surface area (TPSA) is 116 Å². The Kier molecular flexibility index (Phi) is 8.27. The molecule has 2 unspecified atom stereocenters. The number of hydrogen-bond acceptors (Lipinski definition) is 5. The molecule has 2 atom stereocenters. The molecule has 0 aromatic heterocycles. The fraction of sp³-hybridized carbons (Fsp3) is 1.00. The Labute approximate surface area is 80.2 Å². The number of nitrogens with two attached hydrogens (primary N) is 4. The summed E-state index contributed by atoms with van der Waals surface area (Å²) in [6, 6.07) is 0. The van der Waals surface area contributed by atoms with Crippen molar-refractivity contribution in [1.29, 1.82) is 0 Å². The van der Waals surface area contributed by atoms with Crippen molar-refractivity contribution in [3.63, 3.8) is 0 Å². The molecule has 13 heavy (non-hydrogen) atoms. The molecule has 0 spiro atoms. The quantitative estimate of drug-likeness (QED) is 0.302. The zero-order valence-electron chi connectivity index (χ0n) is 8.21. The van der Waals surface area contributed by atoms with E-state index in [4.69, 9.17) is 22.9 Å². The third-order valence-electron chi connectivity index (χ3n) is 1.87. The lowest BCUT2D eigenvalue weighted by molar-refractivity contribution is 0.394. The van der Waals surface area contributed by atoms with Gasteiger partial charge in [0.2, 0.25) is 0 Å². The molecule has 0 aromatic carbocycles. The normalized spacial score (nSPS) is 15.7. The molecular weight excluding hydrogens is 166 g/mol. The van der Waals surface area contributed by atoms with E-state index in [-0.39, 0.29) is 12.3 Å². The molecule has 0 bridgehead atoms. The predicted molar refractivity (Wildman–Crippen MR) is 55.7 cm³/mol. The Balaban J connectivity index is 3.35. The van der Waals surface area contributed by atoms with Crippen LogP contribution in [0.4, 0.5) is 0 Å². The third-order valence-corrected chi connectivity index (χ3v) is 1.87. The lowest BCUT2D eigenvalue weighted by atomic mass is 10.2. The van der Waals surface area contributed by atoms with Gasteiger partial charge in [0, 0.05) is 0 Å². The van der Waals surface area contributed by atoms with Gasteiger partial charge in [-0.15, -0.1) is 0 Å². The Hall–Kier alpha value is -0.200. The molecule has 80 valence electrons. The molecule has 9 N–H and O–H groups in total. The minimum atomic E-state index is -0.0451. The van der Waals surface area contributed by atoms with Gasteiger partial charge in [0.1, 0.15) is 0 Å². The highest BCUT2D eigenvalue weighted by Gasteiger charge is 2.06. The van der Waals surface area contributed by atoms with Crippen LogP contribution in [0.25, 0.3) is 0 Å². The van der Waals surface area contributed by atoms with Crippen molar-refractivity contribution in [2.75, 3.05) is 13.1 Å². The van der Waals surface area contributed by atoms with Crippen LogP contribution in [0.2, 0.25) is 0 Å². The maximum atomic E-state index is 5.75. The fourth-order valence-electron chi connectivity index (χ4n) is 1.12. The average Bonchev–Trinajstić information content (AvgIpc) is 2.11. The summed E-state index contributed by atoms with van der Waals surface area (Å²) in [6.07, 6.45) is 3.50. The molecule has 0 saturated heterocycles. The van der Waals surface area contributed by atoms with Crippen LogP contribution in [0.1, 0.15) is 25.7 Å². The number of rotatable bonds is 8. The summed E-state index contributed by atoms with van der Waals surface area (Å²) in [7, 11) is 0. The van der Waals surface area contributed by atoms with Crippen LogP contribution < -0.4 is 28.3 Å². The van der Waals surface area contributed by atoms with Crippen LogP contribution in [-0.4, -0.2) is 25.4 Å². The van der Waals surface area contributed by atoms with Gasteiger partial charge >= 0.3 is 0 Å². The number of nitrogens with one attached hydrogen (secondary N) is 1. The smallest absolute Gasteiger partial charge is 0.0558 e. The van der Waals surface area contributed by atoms with Crippen LogP contribution in [0.5, 0.6) is 0 Å². The van der Waals surface area contributed by atoms with Crippen LogP contribution in [0.15, 0.2) is 0 Å². The maximum absolute atomic E-state index is 5.75. The van der Waals surface area contributed by atoms with Crippen molar-refractivity contribution in [2.45, 2.75) is 38.0 Å². The summed E-state index contributed by atoms with van der Waals surface area (Å²) in [5, 5.41) is 3.09. The van der Waals surface area contributed by atoms with Gasteiger partial charge in [-0.05, 0) is 38.8 Å². The highest BCUT2D eigenvalue weighted by Crippen LogP contribution is 1.93. The van der Waals surface area contributed by atoms with Crippen molar-refractivity contribution in [2.24, 2.45) is 22.9 Å². The molecule has 0 aliphatic carbocycles. The molecule has 0 aliphatic heterocycles. The standard InChI is InChI=1S/C8H23N5/c9-5-1-3-7(11)13-8(12)4-2-6-10/h7-8,13H,1-6,9-12H2. The Morgan fingerprint density at radius 1 is 0.846 bits per heavy atom. The minimum absolute atomic E-state index is 0.0451. The van der Waals surface area contributed by atoms with Gasteiger partial charge in [0.15, 0.2) is 0 Å². The largest absolute Gasteiger partial charge is 0.330 e. The second kappa shape index (κ2) is 8.40. The van der Waals surface area contributed by atoms with E-state index in [9.17, 15) is 0 Å². The van der Waals surface area contributed by atoms with Gasteiger partial charge in [-0.1, -0.05) is 0 Å². The van der Waals surface area contributed by atoms with Crippen LogP contribution >= 0.6 is 0 Å². The van der Waals surface area contributed by atoms with E-state index < -0.39 is 0 Å². The predicted octanol–water partition coefficient (Wildman–Crippen LogP) is -1.38. The molecule has 0 rings (SSSR count). The summed E-state index contributed by atoms with van der Waals surface area (Å²) in [6.45, 7) is 1.35. The van der Waals surface area contributed by atoms with Crippen molar-refractivity contribution >= 4 is 0 Å². The zero-order chi connectivity index (χ0) is 10.1. The molecule has 5 heteroatoms. The van der Waals surface area contributed by atoms with Crippen molar-refractivity contribution in [1.82, 2.24) is 5.32 Å². The molecular formula is C8H23N5. The van der Waals surface area contributed by atoms with Gasteiger partial charge in [-0.3, -0.25) is 5.32 Å². The number of hydrogen-bond donors (Lipinski definition) is 5. The first-order chi connectivity index (χ1) is 6.20. The zero-order valence-corrected chi connectivity index (χ0v) is 8.21. The molecule has 0 saturated carbocycles. The maximum Gasteiger partial charge on any atom is 0.0558 e. The molecule has 0 fully saturated rings. The first-order valence-electron chi connectivity index (χ1n) is 4.88. The first-order valence-corrected chi connectivity index (χ1v) is 4.88. The van der Waals surface area contributed by atoms with E-state index in [1.54, 1.807) is 0 Å². The Morgan fingerprint density at radius 2 is 1.23 bits per heavy atom. The van der Waals surface area contributed by atoms with Crippen molar-refractivity contribution in [3.05, 3.63) is 0 Å². The lowest BCUT2D eigenvalue weighted by Crippen LogP contribution is -2.48.